The van der Waals surface area contributed by atoms with Crippen LogP contribution in [0.1, 0.15) is 23.0 Å². The second-order valence-electron chi connectivity index (χ2n) is 4.90. The van der Waals surface area contributed by atoms with Crippen molar-refractivity contribution in [3.8, 4) is 0 Å². The molecule has 0 aliphatic carbocycles. The quantitative estimate of drug-likeness (QED) is 0.605. The maximum Gasteiger partial charge on any atom is 0.229 e. The normalized spacial score (nSPS) is 10.3. The van der Waals surface area contributed by atoms with Gasteiger partial charge in [-0.1, -0.05) is 0 Å². The first-order valence-electron chi connectivity index (χ1n) is 7.05. The van der Waals surface area contributed by atoms with Crippen LogP contribution in [0.4, 0.5) is 17.5 Å². The Kier molecular flexibility index (Phi) is 5.43. The molecule has 0 aliphatic heterocycles. The molecule has 6 heteroatoms. The van der Waals surface area contributed by atoms with E-state index in [2.05, 4.69) is 20.6 Å². The Morgan fingerprint density at radius 3 is 2.59 bits per heavy atom. The molecule has 0 bridgehead atoms. The zero-order valence-electron chi connectivity index (χ0n) is 13.0. The summed E-state index contributed by atoms with van der Waals surface area (Å²) in [5.41, 5.74) is 2.37. The summed E-state index contributed by atoms with van der Waals surface area (Å²) in [5.74, 6) is 1.30. The van der Waals surface area contributed by atoms with Gasteiger partial charge in [0.1, 0.15) is 5.82 Å². The van der Waals surface area contributed by atoms with Gasteiger partial charge in [0.15, 0.2) is 5.78 Å². The highest BCUT2D eigenvalue weighted by Gasteiger charge is 2.04. The fraction of sp³-hybridized carbons (Fsp3) is 0.312. The number of anilines is 3. The molecule has 116 valence electrons. The van der Waals surface area contributed by atoms with Gasteiger partial charge in [-0.3, -0.25) is 4.79 Å². The topological polar surface area (TPSA) is 76.1 Å². The van der Waals surface area contributed by atoms with Crippen LogP contribution < -0.4 is 10.6 Å². The van der Waals surface area contributed by atoms with Crippen LogP contribution in [0, 0.1) is 6.92 Å². The Hall–Kier alpha value is -2.47. The Morgan fingerprint density at radius 1 is 1.23 bits per heavy atom. The van der Waals surface area contributed by atoms with Gasteiger partial charge in [-0.15, -0.1) is 0 Å². The van der Waals surface area contributed by atoms with Crippen molar-refractivity contribution in [1.82, 2.24) is 9.97 Å². The van der Waals surface area contributed by atoms with Gasteiger partial charge in [0.25, 0.3) is 0 Å². The van der Waals surface area contributed by atoms with E-state index in [9.17, 15) is 4.79 Å². The lowest BCUT2D eigenvalue weighted by Gasteiger charge is -2.10. The van der Waals surface area contributed by atoms with Crippen LogP contribution in [-0.4, -0.2) is 36.0 Å². The predicted octanol–water partition coefficient (Wildman–Crippen LogP) is 2.79. The summed E-state index contributed by atoms with van der Waals surface area (Å²) in [6, 6.07) is 9.09. The van der Waals surface area contributed by atoms with Crippen LogP contribution in [0.15, 0.2) is 30.3 Å². The summed E-state index contributed by atoms with van der Waals surface area (Å²) in [6.45, 7) is 4.75. The number of rotatable bonds is 7. The number of aromatic nitrogens is 2. The molecule has 2 rings (SSSR count). The molecule has 0 radical (unpaired) electrons. The Balaban J connectivity index is 2.09. The number of Topliss-reactive ketones (excluding diaryl/α,β-unsaturated/α-hetero) is 1. The van der Waals surface area contributed by atoms with E-state index in [-0.39, 0.29) is 5.78 Å². The molecule has 2 N–H and O–H groups in total. The molecular weight excluding hydrogens is 280 g/mol. The molecule has 0 unspecified atom stereocenters. The molecule has 0 fully saturated rings. The van der Waals surface area contributed by atoms with Crippen molar-refractivity contribution in [2.24, 2.45) is 0 Å². The summed E-state index contributed by atoms with van der Waals surface area (Å²) < 4.78 is 5.00. The highest BCUT2D eigenvalue weighted by molar-refractivity contribution is 5.94. The van der Waals surface area contributed by atoms with Crippen molar-refractivity contribution in [2.45, 2.75) is 13.8 Å². The van der Waals surface area contributed by atoms with Gasteiger partial charge >= 0.3 is 0 Å². The summed E-state index contributed by atoms with van der Waals surface area (Å²) in [6.07, 6.45) is 0. The van der Waals surface area contributed by atoms with Crippen LogP contribution in [0.3, 0.4) is 0 Å². The summed E-state index contributed by atoms with van der Waals surface area (Å²) in [5, 5.41) is 6.31. The van der Waals surface area contributed by atoms with E-state index >= 15 is 0 Å². The first-order valence-corrected chi connectivity index (χ1v) is 7.05. The van der Waals surface area contributed by atoms with E-state index < -0.39 is 0 Å². The highest BCUT2D eigenvalue weighted by Crippen LogP contribution is 2.16. The number of nitrogens with one attached hydrogen (secondary N) is 2. The van der Waals surface area contributed by atoms with Gasteiger partial charge in [-0.25, -0.2) is 4.98 Å². The van der Waals surface area contributed by atoms with Crippen LogP contribution in [0.25, 0.3) is 0 Å². The van der Waals surface area contributed by atoms with Crippen LogP contribution in [0.2, 0.25) is 0 Å². The SMILES string of the molecule is COCCNc1cc(C)nc(Nc2ccc(C(C)=O)cc2)n1. The molecule has 0 saturated carbocycles. The van der Waals surface area contributed by atoms with Crippen LogP contribution in [-0.2, 0) is 4.74 Å². The Bertz CT molecular complexity index is 641. The fourth-order valence-electron chi connectivity index (χ4n) is 1.91. The summed E-state index contributed by atoms with van der Waals surface area (Å²) >= 11 is 0. The second kappa shape index (κ2) is 7.51. The maximum atomic E-state index is 11.3. The smallest absolute Gasteiger partial charge is 0.229 e. The summed E-state index contributed by atoms with van der Waals surface area (Å²) in [7, 11) is 1.66. The van der Waals surface area contributed by atoms with Gasteiger partial charge in [0.05, 0.1) is 6.61 Å². The largest absolute Gasteiger partial charge is 0.383 e. The number of carbonyl (C=O) groups is 1. The number of hydrogen-bond acceptors (Lipinski definition) is 6. The van der Waals surface area contributed by atoms with E-state index in [1.54, 1.807) is 26.2 Å². The van der Waals surface area contributed by atoms with Crippen molar-refractivity contribution in [2.75, 3.05) is 30.9 Å². The van der Waals surface area contributed by atoms with Crippen LogP contribution in [0.5, 0.6) is 0 Å². The standard InChI is InChI=1S/C16H20N4O2/c1-11-10-15(17-8-9-22-3)20-16(18-11)19-14-6-4-13(5-7-14)12(2)21/h4-7,10H,8-9H2,1-3H3,(H2,17,18,19,20). The molecule has 0 amide bonds. The van der Waals surface area contributed by atoms with Crippen molar-refractivity contribution in [3.05, 3.63) is 41.6 Å². The first-order chi connectivity index (χ1) is 10.6. The van der Waals surface area contributed by atoms with Crippen molar-refractivity contribution in [1.29, 1.82) is 0 Å². The van der Waals surface area contributed by atoms with Crippen molar-refractivity contribution < 1.29 is 9.53 Å². The van der Waals surface area contributed by atoms with E-state index in [1.807, 2.05) is 25.1 Å². The predicted molar refractivity (Wildman–Crippen MR) is 86.9 cm³/mol. The van der Waals surface area contributed by atoms with Gasteiger partial charge in [0.2, 0.25) is 5.95 Å². The van der Waals surface area contributed by atoms with E-state index in [0.29, 0.717) is 24.7 Å². The molecular formula is C16H20N4O2. The molecule has 6 nitrogen and oxygen atoms in total. The Morgan fingerprint density at radius 2 is 1.95 bits per heavy atom. The average molecular weight is 300 g/mol. The lowest BCUT2D eigenvalue weighted by Crippen LogP contribution is -2.10. The zero-order valence-corrected chi connectivity index (χ0v) is 13.0. The van der Waals surface area contributed by atoms with Gasteiger partial charge < -0.3 is 15.4 Å². The Labute approximate surface area is 129 Å². The third-order valence-corrected chi connectivity index (χ3v) is 3.01. The van der Waals surface area contributed by atoms with E-state index in [4.69, 9.17) is 4.74 Å². The minimum atomic E-state index is 0.0444. The number of nitrogens with zero attached hydrogens (tertiary/aromatic N) is 2. The third-order valence-electron chi connectivity index (χ3n) is 3.01. The second-order valence-corrected chi connectivity index (χ2v) is 4.90. The van der Waals surface area contributed by atoms with E-state index in [0.717, 1.165) is 17.2 Å². The molecule has 2 aromatic rings. The van der Waals surface area contributed by atoms with Gasteiger partial charge in [-0.05, 0) is 38.1 Å². The monoisotopic (exact) mass is 300 g/mol. The number of methoxy groups -OCH3 is 1. The first kappa shape index (κ1) is 15.9. The number of ketones is 1. The zero-order chi connectivity index (χ0) is 15.9. The van der Waals surface area contributed by atoms with E-state index in [1.165, 1.54) is 0 Å². The fourth-order valence-corrected chi connectivity index (χ4v) is 1.91. The van der Waals surface area contributed by atoms with Gasteiger partial charge in [-0.2, -0.15) is 4.98 Å². The minimum Gasteiger partial charge on any atom is -0.383 e. The molecule has 0 aliphatic rings. The van der Waals surface area contributed by atoms with Crippen LogP contribution >= 0.6 is 0 Å². The lowest BCUT2D eigenvalue weighted by atomic mass is 10.1. The molecule has 0 saturated heterocycles. The molecule has 22 heavy (non-hydrogen) atoms. The molecule has 0 spiro atoms. The number of benzene rings is 1. The van der Waals surface area contributed by atoms with Gasteiger partial charge in [0, 0.05) is 36.7 Å². The average Bonchev–Trinajstić information content (AvgIpc) is 2.47. The highest BCUT2D eigenvalue weighted by atomic mass is 16.5. The molecule has 1 aromatic carbocycles. The molecule has 1 heterocycles. The third kappa shape index (κ3) is 4.53. The van der Waals surface area contributed by atoms with Crippen molar-refractivity contribution in [3.63, 3.8) is 0 Å². The lowest BCUT2D eigenvalue weighted by molar-refractivity contribution is 0.101. The number of ether oxygens (including phenoxy) is 1. The maximum absolute atomic E-state index is 11.3. The number of hydrogen-bond donors (Lipinski definition) is 2. The number of aryl methyl sites for hydroxylation is 1. The summed E-state index contributed by atoms with van der Waals surface area (Å²) in [4.78, 5) is 20.0. The number of carbonyl (C=O) groups excluding carboxylic acids is 1. The molecule has 1 aromatic heterocycles. The van der Waals surface area contributed by atoms with Crippen molar-refractivity contribution >= 4 is 23.2 Å². The minimum absolute atomic E-state index is 0.0444. The molecule has 0 atom stereocenters.